The van der Waals surface area contributed by atoms with Gasteiger partial charge in [0.2, 0.25) is 0 Å². The minimum Gasteiger partial charge on any atom is -0.354 e. The van der Waals surface area contributed by atoms with Gasteiger partial charge in [-0.25, -0.2) is 0 Å². The highest BCUT2D eigenvalue weighted by Gasteiger charge is 2.19. The molecule has 1 aliphatic carbocycles. The van der Waals surface area contributed by atoms with E-state index in [0.29, 0.717) is 6.04 Å². The molecule has 0 aliphatic heterocycles. The first kappa shape index (κ1) is 16.8. The van der Waals surface area contributed by atoms with Gasteiger partial charge in [0.05, 0.1) is 0 Å². The van der Waals surface area contributed by atoms with E-state index in [1.165, 1.54) is 24.8 Å². The summed E-state index contributed by atoms with van der Waals surface area (Å²) in [7, 11) is 3.92. The molecule has 0 heterocycles. The normalized spacial score (nSPS) is 15.4. The number of halogens is 2. The van der Waals surface area contributed by atoms with Crippen LogP contribution in [0.3, 0.4) is 0 Å². The lowest BCUT2D eigenvalue weighted by Crippen LogP contribution is -2.46. The summed E-state index contributed by atoms with van der Waals surface area (Å²) >= 11 is 3.58. The second kappa shape index (κ2) is 8.09. The second-order valence-electron chi connectivity index (χ2n) is 4.77. The SMILES string of the molecule is CN=C(NC1CCC1)N(C)Cc1ccccc1Br.I. The first-order valence-corrected chi connectivity index (χ1v) is 7.18. The van der Waals surface area contributed by atoms with Crippen molar-refractivity contribution in [3.63, 3.8) is 0 Å². The molecular formula is C14H21BrIN3. The molecule has 0 radical (unpaired) electrons. The van der Waals surface area contributed by atoms with Crippen LogP contribution in [0.2, 0.25) is 0 Å². The van der Waals surface area contributed by atoms with E-state index < -0.39 is 0 Å². The summed E-state index contributed by atoms with van der Waals surface area (Å²) in [6, 6.07) is 8.93. The lowest BCUT2D eigenvalue weighted by atomic mass is 9.93. The molecule has 0 spiro atoms. The zero-order valence-corrected chi connectivity index (χ0v) is 15.3. The predicted octanol–water partition coefficient (Wildman–Crippen LogP) is 3.63. The third-order valence-corrected chi connectivity index (χ3v) is 4.15. The molecule has 19 heavy (non-hydrogen) atoms. The summed E-state index contributed by atoms with van der Waals surface area (Å²) in [6.45, 7) is 0.855. The molecule has 1 fully saturated rings. The van der Waals surface area contributed by atoms with Crippen LogP contribution in [0, 0.1) is 0 Å². The van der Waals surface area contributed by atoms with Crippen LogP contribution in [0.15, 0.2) is 33.7 Å². The second-order valence-corrected chi connectivity index (χ2v) is 5.62. The fourth-order valence-corrected chi connectivity index (χ4v) is 2.45. The van der Waals surface area contributed by atoms with Crippen molar-refractivity contribution < 1.29 is 0 Å². The van der Waals surface area contributed by atoms with Crippen molar-refractivity contribution in [1.82, 2.24) is 10.2 Å². The summed E-state index contributed by atoms with van der Waals surface area (Å²) < 4.78 is 1.15. The van der Waals surface area contributed by atoms with Gasteiger partial charge in [-0.3, -0.25) is 4.99 Å². The maximum atomic E-state index is 4.35. The van der Waals surface area contributed by atoms with Crippen LogP contribution >= 0.6 is 39.9 Å². The summed E-state index contributed by atoms with van der Waals surface area (Å²) in [6.07, 6.45) is 3.87. The third-order valence-electron chi connectivity index (χ3n) is 3.38. The van der Waals surface area contributed by atoms with Crippen molar-refractivity contribution in [2.45, 2.75) is 31.8 Å². The third kappa shape index (κ3) is 4.63. The van der Waals surface area contributed by atoms with Crippen LogP contribution in [0.25, 0.3) is 0 Å². The fraction of sp³-hybridized carbons (Fsp3) is 0.500. The highest BCUT2D eigenvalue weighted by molar-refractivity contribution is 14.0. The van der Waals surface area contributed by atoms with Crippen molar-refractivity contribution in [3.8, 4) is 0 Å². The topological polar surface area (TPSA) is 27.6 Å². The number of guanidine groups is 1. The number of hydrogen-bond donors (Lipinski definition) is 1. The van der Waals surface area contributed by atoms with E-state index in [-0.39, 0.29) is 24.0 Å². The van der Waals surface area contributed by atoms with E-state index in [0.717, 1.165) is 17.0 Å². The Bertz CT molecular complexity index is 432. The molecule has 0 saturated heterocycles. The molecule has 1 aromatic carbocycles. The Labute approximate surface area is 141 Å². The minimum absolute atomic E-state index is 0. The Morgan fingerprint density at radius 3 is 2.63 bits per heavy atom. The first-order valence-electron chi connectivity index (χ1n) is 6.38. The standard InChI is InChI=1S/C14H20BrN3.HI/c1-16-14(17-12-7-5-8-12)18(2)10-11-6-3-4-9-13(11)15;/h3-4,6,9,12H,5,7-8,10H2,1-2H3,(H,16,17);1H. The zero-order valence-electron chi connectivity index (χ0n) is 11.4. The van der Waals surface area contributed by atoms with Crippen molar-refractivity contribution in [2.75, 3.05) is 14.1 Å². The van der Waals surface area contributed by atoms with Gasteiger partial charge in [0.1, 0.15) is 0 Å². The fourth-order valence-electron chi connectivity index (χ4n) is 2.04. The highest BCUT2D eigenvalue weighted by Crippen LogP contribution is 2.19. The lowest BCUT2D eigenvalue weighted by molar-refractivity contribution is 0.359. The Balaban J connectivity index is 0.00000180. The lowest BCUT2D eigenvalue weighted by Gasteiger charge is -2.31. The van der Waals surface area contributed by atoms with Crippen molar-refractivity contribution in [2.24, 2.45) is 4.99 Å². The zero-order chi connectivity index (χ0) is 13.0. The molecule has 1 aliphatic rings. The van der Waals surface area contributed by atoms with Crippen LogP contribution in [-0.2, 0) is 6.54 Å². The van der Waals surface area contributed by atoms with Crippen molar-refractivity contribution in [1.29, 1.82) is 0 Å². The molecule has 2 rings (SSSR count). The monoisotopic (exact) mass is 437 g/mol. The molecule has 0 atom stereocenters. The molecule has 3 nitrogen and oxygen atoms in total. The highest BCUT2D eigenvalue weighted by atomic mass is 127. The van der Waals surface area contributed by atoms with Crippen LogP contribution in [0.1, 0.15) is 24.8 Å². The van der Waals surface area contributed by atoms with Crippen LogP contribution < -0.4 is 5.32 Å². The minimum atomic E-state index is 0. The van der Waals surface area contributed by atoms with E-state index >= 15 is 0 Å². The molecule has 0 amide bonds. The molecular weight excluding hydrogens is 417 g/mol. The smallest absolute Gasteiger partial charge is 0.193 e. The maximum Gasteiger partial charge on any atom is 0.193 e. The van der Waals surface area contributed by atoms with E-state index in [1.807, 2.05) is 13.1 Å². The van der Waals surface area contributed by atoms with Gasteiger partial charge in [-0.15, -0.1) is 24.0 Å². The van der Waals surface area contributed by atoms with Gasteiger partial charge in [-0.2, -0.15) is 0 Å². The van der Waals surface area contributed by atoms with E-state index in [2.05, 4.69) is 56.4 Å². The quantitative estimate of drug-likeness (QED) is 0.444. The maximum absolute atomic E-state index is 4.35. The average Bonchev–Trinajstić information content (AvgIpc) is 2.31. The number of nitrogens with one attached hydrogen (secondary N) is 1. The number of benzene rings is 1. The molecule has 0 unspecified atom stereocenters. The van der Waals surface area contributed by atoms with E-state index in [4.69, 9.17) is 0 Å². The summed E-state index contributed by atoms with van der Waals surface area (Å²) in [5, 5.41) is 3.50. The summed E-state index contributed by atoms with van der Waals surface area (Å²) in [5.41, 5.74) is 1.27. The van der Waals surface area contributed by atoms with Gasteiger partial charge in [-0.1, -0.05) is 34.1 Å². The molecule has 5 heteroatoms. The summed E-state index contributed by atoms with van der Waals surface area (Å²) in [4.78, 5) is 6.52. The Kier molecular flexibility index (Phi) is 7.13. The number of nitrogens with zero attached hydrogens (tertiary/aromatic N) is 2. The Hall–Kier alpha value is -0.300. The average molecular weight is 438 g/mol. The van der Waals surface area contributed by atoms with Gasteiger partial charge in [0.15, 0.2) is 5.96 Å². The predicted molar refractivity (Wildman–Crippen MR) is 95.2 cm³/mol. The van der Waals surface area contributed by atoms with Crippen molar-refractivity contribution in [3.05, 3.63) is 34.3 Å². The molecule has 1 aromatic rings. The number of hydrogen-bond acceptors (Lipinski definition) is 1. The number of rotatable bonds is 3. The first-order chi connectivity index (χ1) is 8.70. The molecule has 0 bridgehead atoms. The van der Waals surface area contributed by atoms with Gasteiger partial charge < -0.3 is 10.2 Å². The van der Waals surface area contributed by atoms with Gasteiger partial charge in [-0.05, 0) is 30.9 Å². The van der Waals surface area contributed by atoms with Crippen LogP contribution in [0.4, 0.5) is 0 Å². The van der Waals surface area contributed by atoms with E-state index in [9.17, 15) is 0 Å². The Morgan fingerprint density at radius 2 is 2.11 bits per heavy atom. The van der Waals surface area contributed by atoms with Crippen molar-refractivity contribution >= 4 is 45.9 Å². The van der Waals surface area contributed by atoms with Gasteiger partial charge in [0.25, 0.3) is 0 Å². The summed E-state index contributed by atoms with van der Waals surface area (Å²) in [5.74, 6) is 0.982. The van der Waals surface area contributed by atoms with Gasteiger partial charge in [0, 0.05) is 31.2 Å². The number of aliphatic imine (C=N–C) groups is 1. The molecule has 1 N–H and O–H groups in total. The van der Waals surface area contributed by atoms with E-state index in [1.54, 1.807) is 0 Å². The largest absolute Gasteiger partial charge is 0.354 e. The molecule has 0 aromatic heterocycles. The molecule has 106 valence electrons. The Morgan fingerprint density at radius 1 is 1.42 bits per heavy atom. The van der Waals surface area contributed by atoms with Crippen LogP contribution in [0.5, 0.6) is 0 Å². The van der Waals surface area contributed by atoms with Gasteiger partial charge >= 0.3 is 0 Å². The molecule has 1 saturated carbocycles. The van der Waals surface area contributed by atoms with Crippen LogP contribution in [-0.4, -0.2) is 31.0 Å².